The minimum atomic E-state index is -0.0493. The Balaban J connectivity index is 1.80. The molecule has 4 nitrogen and oxygen atoms in total. The van der Waals surface area contributed by atoms with Gasteiger partial charge in [-0.3, -0.25) is 9.36 Å². The van der Waals surface area contributed by atoms with Crippen molar-refractivity contribution in [2.24, 2.45) is 0 Å². The van der Waals surface area contributed by atoms with Crippen molar-refractivity contribution < 1.29 is 5.11 Å². The highest BCUT2D eigenvalue weighted by atomic mass is 16.3. The van der Waals surface area contributed by atoms with Crippen LogP contribution >= 0.6 is 0 Å². The van der Waals surface area contributed by atoms with Crippen molar-refractivity contribution in [3.8, 4) is 22.6 Å². The van der Waals surface area contributed by atoms with Crippen molar-refractivity contribution in [3.63, 3.8) is 0 Å². The van der Waals surface area contributed by atoms with Crippen molar-refractivity contribution in [2.45, 2.75) is 33.1 Å². The lowest BCUT2D eigenvalue weighted by molar-refractivity contribution is 0.475. The molecule has 0 aliphatic rings. The first kappa shape index (κ1) is 20.6. The third-order valence-electron chi connectivity index (χ3n) is 5.44. The Bertz CT molecular complexity index is 1240. The van der Waals surface area contributed by atoms with Gasteiger partial charge in [0.15, 0.2) is 0 Å². The maximum Gasteiger partial charge on any atom is 0.261 e. The number of hydrogen-bond donors (Lipinski definition) is 1. The van der Waals surface area contributed by atoms with E-state index in [1.165, 1.54) is 0 Å². The molecular weight excluding hydrogens is 384 g/mol. The van der Waals surface area contributed by atoms with Gasteiger partial charge >= 0.3 is 0 Å². The molecule has 0 unspecified atom stereocenters. The second-order valence-electron chi connectivity index (χ2n) is 7.73. The zero-order valence-corrected chi connectivity index (χ0v) is 17.9. The largest absolute Gasteiger partial charge is 0.508 e. The number of aryl methyl sites for hydroxylation is 2. The van der Waals surface area contributed by atoms with Gasteiger partial charge in [0.2, 0.25) is 0 Å². The minimum Gasteiger partial charge on any atom is -0.508 e. The fourth-order valence-corrected chi connectivity index (χ4v) is 3.94. The second kappa shape index (κ2) is 9.00. The topological polar surface area (TPSA) is 55.1 Å². The summed E-state index contributed by atoms with van der Waals surface area (Å²) in [4.78, 5) is 18.4. The van der Waals surface area contributed by atoms with Crippen molar-refractivity contribution in [1.29, 1.82) is 0 Å². The lowest BCUT2D eigenvalue weighted by Gasteiger charge is -2.16. The lowest BCUT2D eigenvalue weighted by Crippen LogP contribution is -2.28. The third kappa shape index (κ3) is 4.43. The SMILES string of the molecule is CCCc1nc(C)n(-c2ccc(O)cc2)c(=O)c1Cc1cccc(-c2ccccc2)c1. The molecule has 1 N–H and O–H groups in total. The summed E-state index contributed by atoms with van der Waals surface area (Å²) in [7, 11) is 0. The van der Waals surface area contributed by atoms with Gasteiger partial charge in [0.25, 0.3) is 5.56 Å². The van der Waals surface area contributed by atoms with Gasteiger partial charge in [0, 0.05) is 12.0 Å². The van der Waals surface area contributed by atoms with Crippen LogP contribution in [0.3, 0.4) is 0 Å². The van der Waals surface area contributed by atoms with Crippen molar-refractivity contribution in [3.05, 3.63) is 112 Å². The molecule has 0 fully saturated rings. The summed E-state index contributed by atoms with van der Waals surface area (Å²) in [6, 6.07) is 25.2. The number of aromatic hydroxyl groups is 1. The molecule has 1 aromatic heterocycles. The highest BCUT2D eigenvalue weighted by Gasteiger charge is 2.16. The van der Waals surface area contributed by atoms with Gasteiger partial charge in [-0.25, -0.2) is 4.98 Å². The van der Waals surface area contributed by atoms with E-state index in [-0.39, 0.29) is 11.3 Å². The second-order valence-corrected chi connectivity index (χ2v) is 7.73. The van der Waals surface area contributed by atoms with E-state index >= 15 is 0 Å². The van der Waals surface area contributed by atoms with Crippen LogP contribution in [0.2, 0.25) is 0 Å². The molecule has 0 saturated carbocycles. The molecule has 0 atom stereocenters. The number of nitrogens with zero attached hydrogens (tertiary/aromatic N) is 2. The molecule has 0 radical (unpaired) electrons. The molecule has 4 rings (SSSR count). The number of aromatic nitrogens is 2. The average Bonchev–Trinajstić information content (AvgIpc) is 2.79. The van der Waals surface area contributed by atoms with Gasteiger partial charge < -0.3 is 5.11 Å². The molecule has 0 spiro atoms. The normalized spacial score (nSPS) is 10.9. The zero-order valence-electron chi connectivity index (χ0n) is 17.9. The molecule has 0 amide bonds. The fraction of sp³-hybridized carbons (Fsp3) is 0.185. The number of hydrogen-bond acceptors (Lipinski definition) is 3. The maximum absolute atomic E-state index is 13.6. The molecule has 0 bridgehead atoms. The first-order valence-corrected chi connectivity index (χ1v) is 10.6. The number of rotatable bonds is 6. The van der Waals surface area contributed by atoms with Crippen molar-refractivity contribution in [2.75, 3.05) is 0 Å². The van der Waals surface area contributed by atoms with E-state index in [0.29, 0.717) is 17.9 Å². The highest BCUT2D eigenvalue weighted by molar-refractivity contribution is 5.64. The fourth-order valence-electron chi connectivity index (χ4n) is 3.94. The maximum atomic E-state index is 13.6. The summed E-state index contributed by atoms with van der Waals surface area (Å²) in [5.74, 6) is 0.823. The highest BCUT2D eigenvalue weighted by Crippen LogP contribution is 2.22. The Morgan fingerprint density at radius 1 is 0.903 bits per heavy atom. The smallest absolute Gasteiger partial charge is 0.261 e. The Morgan fingerprint density at radius 2 is 1.61 bits per heavy atom. The molecule has 1 heterocycles. The Morgan fingerprint density at radius 3 is 2.32 bits per heavy atom. The summed E-state index contributed by atoms with van der Waals surface area (Å²) in [6.45, 7) is 3.95. The van der Waals surface area contributed by atoms with E-state index in [4.69, 9.17) is 4.98 Å². The predicted octanol–water partition coefficient (Wildman–Crippen LogP) is 5.46. The van der Waals surface area contributed by atoms with Gasteiger partial charge in [0.1, 0.15) is 11.6 Å². The number of phenols is 1. The van der Waals surface area contributed by atoms with Crippen LogP contribution in [-0.4, -0.2) is 14.7 Å². The Kier molecular flexibility index (Phi) is 5.99. The number of phenolic OH excluding ortho intramolecular Hbond substituents is 1. The van der Waals surface area contributed by atoms with Crippen LogP contribution in [-0.2, 0) is 12.8 Å². The van der Waals surface area contributed by atoms with E-state index in [9.17, 15) is 9.90 Å². The summed E-state index contributed by atoms with van der Waals surface area (Å²) in [5, 5.41) is 9.62. The Labute approximate surface area is 182 Å². The van der Waals surface area contributed by atoms with E-state index in [1.54, 1.807) is 28.8 Å². The molecule has 3 aromatic carbocycles. The Hall–Kier alpha value is -3.66. The molecule has 4 heteroatoms. The third-order valence-corrected chi connectivity index (χ3v) is 5.44. The molecule has 0 aliphatic heterocycles. The van der Waals surface area contributed by atoms with Crippen LogP contribution in [0.15, 0.2) is 83.7 Å². The zero-order chi connectivity index (χ0) is 21.8. The van der Waals surface area contributed by atoms with E-state index in [1.807, 2.05) is 31.2 Å². The van der Waals surface area contributed by atoms with Gasteiger partial charge in [-0.2, -0.15) is 0 Å². The van der Waals surface area contributed by atoms with Crippen LogP contribution in [0.5, 0.6) is 5.75 Å². The molecule has 31 heavy (non-hydrogen) atoms. The summed E-state index contributed by atoms with van der Waals surface area (Å²) in [5.41, 5.74) is 5.62. The first-order chi connectivity index (χ1) is 15.1. The van der Waals surface area contributed by atoms with Crippen LogP contribution < -0.4 is 5.56 Å². The van der Waals surface area contributed by atoms with Crippen molar-refractivity contribution >= 4 is 0 Å². The summed E-state index contributed by atoms with van der Waals surface area (Å²) >= 11 is 0. The number of benzene rings is 3. The predicted molar refractivity (Wildman–Crippen MR) is 125 cm³/mol. The van der Waals surface area contributed by atoms with Gasteiger partial charge in [-0.1, -0.05) is 67.9 Å². The lowest BCUT2D eigenvalue weighted by atomic mass is 9.98. The molecule has 0 saturated heterocycles. The molecule has 156 valence electrons. The van der Waals surface area contributed by atoms with Gasteiger partial charge in [-0.15, -0.1) is 0 Å². The first-order valence-electron chi connectivity index (χ1n) is 10.6. The summed E-state index contributed by atoms with van der Waals surface area (Å²) in [6.07, 6.45) is 2.21. The van der Waals surface area contributed by atoms with E-state index in [2.05, 4.69) is 37.3 Å². The van der Waals surface area contributed by atoms with Crippen LogP contribution in [0.4, 0.5) is 0 Å². The van der Waals surface area contributed by atoms with Gasteiger partial charge in [0.05, 0.1) is 11.4 Å². The van der Waals surface area contributed by atoms with Crippen LogP contribution in [0.25, 0.3) is 16.8 Å². The summed E-state index contributed by atoms with van der Waals surface area (Å²) < 4.78 is 1.63. The van der Waals surface area contributed by atoms with E-state index in [0.717, 1.165) is 40.8 Å². The monoisotopic (exact) mass is 410 g/mol. The van der Waals surface area contributed by atoms with Crippen LogP contribution in [0, 0.1) is 6.92 Å². The van der Waals surface area contributed by atoms with Crippen LogP contribution in [0.1, 0.15) is 36.0 Å². The van der Waals surface area contributed by atoms with Crippen molar-refractivity contribution in [1.82, 2.24) is 9.55 Å². The average molecular weight is 411 g/mol. The van der Waals surface area contributed by atoms with E-state index < -0.39 is 0 Å². The van der Waals surface area contributed by atoms with Gasteiger partial charge in [-0.05, 0) is 54.3 Å². The standard InChI is InChI=1S/C27H26N2O2/c1-3-8-26-25(18-20-9-7-12-22(17-20)21-10-5-4-6-11-21)27(31)29(19(2)28-26)23-13-15-24(30)16-14-23/h4-7,9-17,30H,3,8,18H2,1-2H3. The molecule has 0 aliphatic carbocycles. The minimum absolute atomic E-state index is 0.0493. The molecular formula is C27H26N2O2. The quantitative estimate of drug-likeness (QED) is 0.459. The molecule has 4 aromatic rings.